The Morgan fingerprint density at radius 3 is 2.60 bits per heavy atom. The van der Waals surface area contributed by atoms with E-state index in [4.69, 9.17) is 11.1 Å². The Morgan fingerprint density at radius 1 is 1.33 bits per heavy atom. The maximum absolute atomic E-state index is 7.46. The molecule has 0 fully saturated rings. The molecule has 2 aromatic rings. The van der Waals surface area contributed by atoms with Gasteiger partial charge in [-0.1, -0.05) is 30.3 Å². The molecular formula is C11H12N4. The van der Waals surface area contributed by atoms with Gasteiger partial charge in [0.25, 0.3) is 0 Å². The molecular weight excluding hydrogens is 188 g/mol. The molecule has 0 amide bonds. The molecule has 0 bridgehead atoms. The van der Waals surface area contributed by atoms with Gasteiger partial charge in [0.2, 0.25) is 0 Å². The van der Waals surface area contributed by atoms with Gasteiger partial charge in [-0.05, 0) is 0 Å². The van der Waals surface area contributed by atoms with Gasteiger partial charge < -0.3 is 5.73 Å². The van der Waals surface area contributed by atoms with Gasteiger partial charge in [0.05, 0.1) is 5.56 Å². The van der Waals surface area contributed by atoms with E-state index in [0.29, 0.717) is 5.56 Å². The summed E-state index contributed by atoms with van der Waals surface area (Å²) in [5.74, 6) is 0.0435. The summed E-state index contributed by atoms with van der Waals surface area (Å²) >= 11 is 0. The van der Waals surface area contributed by atoms with Crippen LogP contribution in [0.5, 0.6) is 0 Å². The highest BCUT2D eigenvalue weighted by Crippen LogP contribution is 2.20. The van der Waals surface area contributed by atoms with Crippen LogP contribution in [0.1, 0.15) is 5.56 Å². The number of rotatable bonds is 2. The first-order valence-corrected chi connectivity index (χ1v) is 4.62. The molecule has 1 heterocycles. The lowest BCUT2D eigenvalue weighted by molar-refractivity contribution is 0.771. The van der Waals surface area contributed by atoms with Gasteiger partial charge >= 0.3 is 0 Å². The molecule has 4 heteroatoms. The quantitative estimate of drug-likeness (QED) is 0.568. The molecule has 0 unspecified atom stereocenters. The lowest BCUT2D eigenvalue weighted by atomic mass is 10.1. The minimum atomic E-state index is 0.0435. The second kappa shape index (κ2) is 3.57. The Morgan fingerprint density at radius 2 is 2.00 bits per heavy atom. The van der Waals surface area contributed by atoms with E-state index in [9.17, 15) is 0 Å². The summed E-state index contributed by atoms with van der Waals surface area (Å²) in [5.41, 5.74) is 7.90. The van der Waals surface area contributed by atoms with E-state index in [1.165, 1.54) is 0 Å². The molecule has 2 rings (SSSR count). The lowest BCUT2D eigenvalue weighted by Crippen LogP contribution is -2.11. The number of hydrogen-bond donors (Lipinski definition) is 2. The van der Waals surface area contributed by atoms with Crippen LogP contribution in [0, 0.1) is 5.41 Å². The maximum atomic E-state index is 7.46. The van der Waals surface area contributed by atoms with Crippen molar-refractivity contribution in [1.29, 1.82) is 5.41 Å². The zero-order valence-electron chi connectivity index (χ0n) is 8.44. The van der Waals surface area contributed by atoms with Crippen molar-refractivity contribution in [3.8, 4) is 11.3 Å². The summed E-state index contributed by atoms with van der Waals surface area (Å²) in [6, 6.07) is 9.73. The first-order chi connectivity index (χ1) is 7.18. The van der Waals surface area contributed by atoms with Crippen molar-refractivity contribution in [2.75, 3.05) is 0 Å². The van der Waals surface area contributed by atoms with Crippen molar-refractivity contribution >= 4 is 5.84 Å². The van der Waals surface area contributed by atoms with E-state index in [-0.39, 0.29) is 5.84 Å². The highest BCUT2D eigenvalue weighted by molar-refractivity contribution is 6.00. The number of nitrogens with zero attached hydrogens (tertiary/aromatic N) is 2. The Bertz CT molecular complexity index is 485. The van der Waals surface area contributed by atoms with E-state index >= 15 is 0 Å². The summed E-state index contributed by atoms with van der Waals surface area (Å²) in [6.45, 7) is 0. The number of nitrogen functional groups attached to an aromatic ring is 1. The average Bonchev–Trinajstić information content (AvgIpc) is 2.62. The fourth-order valence-corrected chi connectivity index (χ4v) is 1.49. The minimum Gasteiger partial charge on any atom is -0.384 e. The fourth-order valence-electron chi connectivity index (χ4n) is 1.49. The first kappa shape index (κ1) is 9.45. The Balaban J connectivity index is 2.58. The molecule has 15 heavy (non-hydrogen) atoms. The highest BCUT2D eigenvalue weighted by atomic mass is 15.3. The largest absolute Gasteiger partial charge is 0.384 e. The van der Waals surface area contributed by atoms with Crippen molar-refractivity contribution in [1.82, 2.24) is 9.78 Å². The maximum Gasteiger partial charge on any atom is 0.126 e. The predicted octanol–water partition coefficient (Wildman–Crippen LogP) is 1.37. The van der Waals surface area contributed by atoms with Crippen molar-refractivity contribution in [2.45, 2.75) is 0 Å². The van der Waals surface area contributed by atoms with E-state index in [1.807, 2.05) is 37.4 Å². The van der Waals surface area contributed by atoms with Crippen LogP contribution in [0.15, 0.2) is 36.5 Å². The van der Waals surface area contributed by atoms with Gasteiger partial charge in [-0.3, -0.25) is 10.1 Å². The Labute approximate surface area is 87.9 Å². The third kappa shape index (κ3) is 1.74. The fraction of sp³-hybridized carbons (Fsp3) is 0.0909. The second-order valence-corrected chi connectivity index (χ2v) is 3.34. The molecule has 0 saturated heterocycles. The van der Waals surface area contributed by atoms with Gasteiger partial charge in [0.1, 0.15) is 11.5 Å². The molecule has 0 radical (unpaired) electrons. The van der Waals surface area contributed by atoms with Crippen LogP contribution >= 0.6 is 0 Å². The monoisotopic (exact) mass is 200 g/mol. The molecule has 0 aliphatic rings. The predicted molar refractivity (Wildman–Crippen MR) is 59.7 cm³/mol. The van der Waals surface area contributed by atoms with Gasteiger partial charge in [-0.25, -0.2) is 0 Å². The Hall–Kier alpha value is -2.10. The number of aromatic nitrogens is 2. The number of nitrogens with two attached hydrogens (primary N) is 1. The van der Waals surface area contributed by atoms with Gasteiger partial charge in [-0.2, -0.15) is 5.10 Å². The Kier molecular flexibility index (Phi) is 2.25. The summed E-state index contributed by atoms with van der Waals surface area (Å²) in [7, 11) is 1.82. The van der Waals surface area contributed by atoms with Gasteiger partial charge in [0.15, 0.2) is 0 Å². The van der Waals surface area contributed by atoms with Gasteiger partial charge in [0, 0.05) is 18.8 Å². The van der Waals surface area contributed by atoms with Crippen molar-refractivity contribution in [3.63, 3.8) is 0 Å². The van der Waals surface area contributed by atoms with Crippen LogP contribution in [-0.4, -0.2) is 15.6 Å². The van der Waals surface area contributed by atoms with E-state index in [2.05, 4.69) is 5.10 Å². The third-order valence-corrected chi connectivity index (χ3v) is 2.17. The molecule has 0 aliphatic heterocycles. The smallest absolute Gasteiger partial charge is 0.126 e. The van der Waals surface area contributed by atoms with Crippen LogP contribution in [0.25, 0.3) is 11.3 Å². The van der Waals surface area contributed by atoms with Crippen molar-refractivity contribution in [3.05, 3.63) is 42.1 Å². The number of benzene rings is 1. The molecule has 0 aliphatic carbocycles. The van der Waals surface area contributed by atoms with Crippen molar-refractivity contribution in [2.24, 2.45) is 12.8 Å². The zero-order valence-corrected chi connectivity index (χ0v) is 8.44. The SMILES string of the molecule is Cn1cc(C(=N)N)c(-c2ccccc2)n1. The summed E-state index contributed by atoms with van der Waals surface area (Å²) in [6.07, 6.45) is 1.75. The molecule has 76 valence electrons. The molecule has 1 aromatic heterocycles. The van der Waals surface area contributed by atoms with Crippen molar-refractivity contribution < 1.29 is 0 Å². The number of aryl methyl sites for hydroxylation is 1. The van der Waals surface area contributed by atoms with Crippen LogP contribution in [0.3, 0.4) is 0 Å². The first-order valence-electron chi connectivity index (χ1n) is 4.62. The van der Waals surface area contributed by atoms with Crippen LogP contribution in [-0.2, 0) is 7.05 Å². The number of hydrogen-bond acceptors (Lipinski definition) is 2. The topological polar surface area (TPSA) is 67.7 Å². The summed E-state index contributed by atoms with van der Waals surface area (Å²) in [4.78, 5) is 0. The minimum absolute atomic E-state index is 0.0435. The summed E-state index contributed by atoms with van der Waals surface area (Å²) < 4.78 is 1.67. The van der Waals surface area contributed by atoms with E-state index < -0.39 is 0 Å². The zero-order chi connectivity index (χ0) is 10.8. The molecule has 0 spiro atoms. The molecule has 0 atom stereocenters. The van der Waals surface area contributed by atoms with Crippen LogP contribution in [0.2, 0.25) is 0 Å². The molecule has 4 nitrogen and oxygen atoms in total. The van der Waals surface area contributed by atoms with E-state index in [0.717, 1.165) is 11.3 Å². The molecule has 0 saturated carbocycles. The number of amidine groups is 1. The average molecular weight is 200 g/mol. The summed E-state index contributed by atoms with van der Waals surface area (Å²) in [5, 5.41) is 11.8. The highest BCUT2D eigenvalue weighted by Gasteiger charge is 2.11. The molecule has 1 aromatic carbocycles. The van der Waals surface area contributed by atoms with Crippen LogP contribution in [0.4, 0.5) is 0 Å². The van der Waals surface area contributed by atoms with E-state index in [1.54, 1.807) is 10.9 Å². The third-order valence-electron chi connectivity index (χ3n) is 2.17. The standard InChI is InChI=1S/C11H12N4/c1-15-7-9(11(12)13)10(14-15)8-5-3-2-4-6-8/h2-7H,1H3,(H3,12,13). The number of nitrogens with one attached hydrogen (secondary N) is 1. The van der Waals surface area contributed by atoms with Crippen LogP contribution < -0.4 is 5.73 Å². The molecule has 3 N–H and O–H groups in total. The van der Waals surface area contributed by atoms with Gasteiger partial charge in [-0.15, -0.1) is 0 Å². The second-order valence-electron chi connectivity index (χ2n) is 3.34. The normalized spacial score (nSPS) is 10.2. The lowest BCUT2D eigenvalue weighted by Gasteiger charge is -1.99.